The van der Waals surface area contributed by atoms with Crippen LogP contribution in [0.2, 0.25) is 0 Å². The van der Waals surface area contributed by atoms with Crippen molar-refractivity contribution in [3.05, 3.63) is 72.3 Å². The first-order valence-corrected chi connectivity index (χ1v) is 8.43. The molecule has 0 saturated heterocycles. The number of fused-ring (bicyclic) bond motifs is 1. The van der Waals surface area contributed by atoms with Gasteiger partial charge in [0.25, 0.3) is 5.91 Å². The second-order valence-electron chi connectivity index (χ2n) is 4.96. The number of carbonyl (C=O) groups is 1. The van der Waals surface area contributed by atoms with Crippen molar-refractivity contribution in [3.63, 3.8) is 0 Å². The normalized spacial score (nSPS) is 12.0. The molecule has 1 N–H and O–H groups in total. The van der Waals surface area contributed by atoms with E-state index >= 15 is 0 Å². The first kappa shape index (κ1) is 14.5. The summed E-state index contributed by atoms with van der Waals surface area (Å²) in [5.74, 6) is -0.171. The Morgan fingerprint density at radius 1 is 0.955 bits per heavy atom. The van der Waals surface area contributed by atoms with E-state index in [1.54, 1.807) is 36.6 Å². The van der Waals surface area contributed by atoms with E-state index in [4.69, 9.17) is 0 Å². The van der Waals surface area contributed by atoms with Crippen molar-refractivity contribution < 1.29 is 9.00 Å². The first-order valence-electron chi connectivity index (χ1n) is 6.88. The molecule has 0 bridgehead atoms. The van der Waals surface area contributed by atoms with Crippen molar-refractivity contribution in [2.75, 3.05) is 11.6 Å². The maximum Gasteiger partial charge on any atom is 0.256 e. The molecule has 4 heteroatoms. The van der Waals surface area contributed by atoms with Gasteiger partial charge in [0.2, 0.25) is 0 Å². The molecule has 0 saturated carbocycles. The molecule has 1 amide bonds. The van der Waals surface area contributed by atoms with Gasteiger partial charge < -0.3 is 5.32 Å². The maximum atomic E-state index is 12.5. The van der Waals surface area contributed by atoms with E-state index in [2.05, 4.69) is 5.32 Å². The zero-order valence-corrected chi connectivity index (χ0v) is 12.9. The van der Waals surface area contributed by atoms with Gasteiger partial charge in [-0.05, 0) is 35.0 Å². The van der Waals surface area contributed by atoms with Gasteiger partial charge >= 0.3 is 0 Å². The number of rotatable bonds is 3. The zero-order valence-electron chi connectivity index (χ0n) is 12.1. The van der Waals surface area contributed by atoms with Crippen LogP contribution in [0.1, 0.15) is 10.4 Å². The molecule has 1 unspecified atom stereocenters. The highest BCUT2D eigenvalue weighted by Crippen LogP contribution is 2.20. The molecule has 0 aliphatic carbocycles. The summed E-state index contributed by atoms with van der Waals surface area (Å²) in [4.78, 5) is 13.2. The summed E-state index contributed by atoms with van der Waals surface area (Å²) in [6.45, 7) is 0. The van der Waals surface area contributed by atoms with Gasteiger partial charge in [-0.3, -0.25) is 9.00 Å². The number of benzene rings is 3. The minimum atomic E-state index is -1.07. The number of amides is 1. The molecule has 3 nitrogen and oxygen atoms in total. The number of anilines is 1. The van der Waals surface area contributed by atoms with Gasteiger partial charge in [-0.1, -0.05) is 42.5 Å². The zero-order chi connectivity index (χ0) is 15.5. The van der Waals surface area contributed by atoms with Crippen LogP contribution in [0.5, 0.6) is 0 Å². The monoisotopic (exact) mass is 309 g/mol. The molecule has 3 aromatic rings. The number of nitrogens with one attached hydrogen (secondary N) is 1. The van der Waals surface area contributed by atoms with Crippen LogP contribution in [0.15, 0.2) is 71.6 Å². The summed E-state index contributed by atoms with van der Waals surface area (Å²) in [5.41, 5.74) is 1.27. The van der Waals surface area contributed by atoms with E-state index in [-0.39, 0.29) is 5.91 Å². The van der Waals surface area contributed by atoms with E-state index in [9.17, 15) is 9.00 Å². The van der Waals surface area contributed by atoms with Crippen LogP contribution < -0.4 is 5.32 Å². The second-order valence-corrected chi connectivity index (χ2v) is 6.34. The van der Waals surface area contributed by atoms with Crippen LogP contribution in [0, 0.1) is 0 Å². The standard InChI is InChI=1S/C18H15NO2S/c1-22(21)15-9-5-8-14(12-15)19-18(20)17-11-4-7-13-6-2-3-10-16(13)17/h2-12H,1H3,(H,19,20). The van der Waals surface area contributed by atoms with Crippen molar-refractivity contribution >= 4 is 33.2 Å². The van der Waals surface area contributed by atoms with Gasteiger partial charge in [0.05, 0.1) is 0 Å². The average molecular weight is 309 g/mol. The predicted octanol–water partition coefficient (Wildman–Crippen LogP) is 3.83. The SMILES string of the molecule is CS(=O)c1cccc(NC(=O)c2cccc3ccccc23)c1. The number of hydrogen-bond acceptors (Lipinski definition) is 2. The van der Waals surface area contributed by atoms with Crippen LogP contribution in [-0.4, -0.2) is 16.4 Å². The van der Waals surface area contributed by atoms with Crippen LogP contribution in [0.25, 0.3) is 10.8 Å². The molecule has 0 aromatic heterocycles. The van der Waals surface area contributed by atoms with E-state index in [0.29, 0.717) is 16.1 Å². The quantitative estimate of drug-likeness (QED) is 0.799. The van der Waals surface area contributed by atoms with Gasteiger partial charge in [0, 0.05) is 33.2 Å². The lowest BCUT2D eigenvalue weighted by Gasteiger charge is -2.09. The molecule has 0 aliphatic rings. The summed E-state index contributed by atoms with van der Waals surface area (Å²) in [6, 6.07) is 20.5. The fraction of sp³-hybridized carbons (Fsp3) is 0.0556. The fourth-order valence-corrected chi connectivity index (χ4v) is 2.94. The first-order chi connectivity index (χ1) is 10.6. The Kier molecular flexibility index (Phi) is 4.02. The van der Waals surface area contributed by atoms with Gasteiger partial charge in [-0.25, -0.2) is 0 Å². The lowest BCUT2D eigenvalue weighted by Crippen LogP contribution is -2.12. The topological polar surface area (TPSA) is 46.2 Å². The summed E-state index contributed by atoms with van der Waals surface area (Å²) in [7, 11) is -1.07. The number of hydrogen-bond donors (Lipinski definition) is 1. The molecule has 110 valence electrons. The fourth-order valence-electron chi connectivity index (χ4n) is 2.37. The molecule has 22 heavy (non-hydrogen) atoms. The van der Waals surface area contributed by atoms with Crippen LogP contribution in [0.4, 0.5) is 5.69 Å². The number of carbonyl (C=O) groups excluding carboxylic acids is 1. The summed E-state index contributed by atoms with van der Waals surface area (Å²) < 4.78 is 11.5. The Bertz CT molecular complexity index is 868. The van der Waals surface area contributed by atoms with E-state index in [0.717, 1.165) is 10.8 Å². The molecule has 0 fully saturated rings. The highest BCUT2D eigenvalue weighted by molar-refractivity contribution is 7.84. The second kappa shape index (κ2) is 6.12. The Hall–Kier alpha value is -2.46. The molecule has 0 spiro atoms. The molecule has 3 rings (SSSR count). The third-order valence-corrected chi connectivity index (χ3v) is 4.38. The largest absolute Gasteiger partial charge is 0.322 e. The van der Waals surface area contributed by atoms with Gasteiger partial charge in [-0.2, -0.15) is 0 Å². The van der Waals surface area contributed by atoms with Crippen molar-refractivity contribution in [2.24, 2.45) is 0 Å². The minimum absolute atomic E-state index is 0.171. The summed E-state index contributed by atoms with van der Waals surface area (Å²) in [5, 5.41) is 4.81. The molecular weight excluding hydrogens is 294 g/mol. The van der Waals surface area contributed by atoms with Crippen LogP contribution in [0.3, 0.4) is 0 Å². The molecular formula is C18H15NO2S. The third-order valence-electron chi connectivity index (χ3n) is 3.46. The smallest absolute Gasteiger partial charge is 0.256 e. The maximum absolute atomic E-state index is 12.5. The summed E-state index contributed by atoms with van der Waals surface area (Å²) >= 11 is 0. The molecule has 1 atom stereocenters. The predicted molar refractivity (Wildman–Crippen MR) is 90.7 cm³/mol. The molecule has 3 aromatic carbocycles. The lowest BCUT2D eigenvalue weighted by atomic mass is 10.0. The molecule has 0 radical (unpaired) electrons. The van der Waals surface area contributed by atoms with E-state index < -0.39 is 10.8 Å². The van der Waals surface area contributed by atoms with Gasteiger partial charge in [-0.15, -0.1) is 0 Å². The molecule has 0 aliphatic heterocycles. The Morgan fingerprint density at radius 2 is 1.68 bits per heavy atom. The minimum Gasteiger partial charge on any atom is -0.322 e. The van der Waals surface area contributed by atoms with Crippen molar-refractivity contribution in [2.45, 2.75) is 4.90 Å². The Labute approximate surface area is 131 Å². The van der Waals surface area contributed by atoms with Gasteiger partial charge in [0.1, 0.15) is 0 Å². The Morgan fingerprint density at radius 3 is 2.50 bits per heavy atom. The van der Waals surface area contributed by atoms with Crippen LogP contribution in [-0.2, 0) is 10.8 Å². The Balaban J connectivity index is 1.94. The summed E-state index contributed by atoms with van der Waals surface area (Å²) in [6.07, 6.45) is 1.62. The highest BCUT2D eigenvalue weighted by Gasteiger charge is 2.10. The highest BCUT2D eigenvalue weighted by atomic mass is 32.2. The van der Waals surface area contributed by atoms with Crippen molar-refractivity contribution in [3.8, 4) is 0 Å². The van der Waals surface area contributed by atoms with E-state index in [1.165, 1.54) is 0 Å². The van der Waals surface area contributed by atoms with E-state index in [1.807, 2.05) is 36.4 Å². The third kappa shape index (κ3) is 2.92. The lowest BCUT2D eigenvalue weighted by molar-refractivity contribution is 0.102. The molecule has 0 heterocycles. The van der Waals surface area contributed by atoms with Gasteiger partial charge in [0.15, 0.2) is 0 Å². The van der Waals surface area contributed by atoms with Crippen LogP contribution >= 0.6 is 0 Å². The van der Waals surface area contributed by atoms with Crippen molar-refractivity contribution in [1.29, 1.82) is 0 Å². The van der Waals surface area contributed by atoms with Crippen molar-refractivity contribution in [1.82, 2.24) is 0 Å². The average Bonchev–Trinajstić information content (AvgIpc) is 2.54.